The summed E-state index contributed by atoms with van der Waals surface area (Å²) in [6.45, 7) is 2.00. The Hall–Kier alpha value is -5.99. The molecule has 7 rings (SSSR count). The summed E-state index contributed by atoms with van der Waals surface area (Å²) < 4.78 is 7.02. The van der Waals surface area contributed by atoms with Gasteiger partial charge in [0.15, 0.2) is 0 Å². The molecule has 0 bridgehead atoms. The van der Waals surface area contributed by atoms with Gasteiger partial charge < -0.3 is 4.74 Å². The summed E-state index contributed by atoms with van der Waals surface area (Å²) in [6.07, 6.45) is 5.69. The number of fused-ring (bicyclic) bond motifs is 3. The Labute approximate surface area is 254 Å². The second kappa shape index (κ2) is 11.4. The lowest BCUT2D eigenvalue weighted by atomic mass is 10.1. The maximum Gasteiger partial charge on any atom is 0.266 e. The Morgan fingerprint density at radius 2 is 1.43 bits per heavy atom. The molecule has 7 aromatic rings. The van der Waals surface area contributed by atoms with Crippen LogP contribution in [0.3, 0.4) is 0 Å². The van der Waals surface area contributed by atoms with Crippen molar-refractivity contribution in [3.8, 4) is 23.3 Å². The Balaban J connectivity index is 1.28. The monoisotopic (exact) mass is 569 g/mol. The largest absolute Gasteiger partial charge is 0.497 e. The van der Waals surface area contributed by atoms with E-state index in [4.69, 9.17) is 9.72 Å². The molecule has 0 aliphatic heterocycles. The molecule has 0 atom stereocenters. The average molecular weight is 570 g/mol. The fourth-order valence-electron chi connectivity index (χ4n) is 5.48. The first-order chi connectivity index (χ1) is 21.6. The van der Waals surface area contributed by atoms with E-state index in [1.54, 1.807) is 17.9 Å². The number of pyridine rings is 1. The van der Waals surface area contributed by atoms with Crippen molar-refractivity contribution in [2.45, 2.75) is 6.92 Å². The summed E-state index contributed by atoms with van der Waals surface area (Å²) >= 11 is 0. The lowest BCUT2D eigenvalue weighted by Gasteiger charge is -2.14. The first-order valence-electron chi connectivity index (χ1n) is 14.3. The smallest absolute Gasteiger partial charge is 0.266 e. The lowest BCUT2D eigenvalue weighted by Crippen LogP contribution is -2.23. The van der Waals surface area contributed by atoms with E-state index in [1.165, 1.54) is 0 Å². The summed E-state index contributed by atoms with van der Waals surface area (Å²) in [7, 11) is 1.67. The molecule has 0 fully saturated rings. The van der Waals surface area contributed by atoms with Crippen LogP contribution in [0.25, 0.3) is 50.4 Å². The van der Waals surface area contributed by atoms with Gasteiger partial charge in [-0.25, -0.2) is 4.98 Å². The highest BCUT2D eigenvalue weighted by Gasteiger charge is 2.13. The van der Waals surface area contributed by atoms with Crippen molar-refractivity contribution in [1.82, 2.24) is 14.5 Å². The third-order valence-corrected chi connectivity index (χ3v) is 7.73. The van der Waals surface area contributed by atoms with Gasteiger partial charge >= 0.3 is 0 Å². The molecule has 2 aromatic heterocycles. The highest BCUT2D eigenvalue weighted by atomic mass is 16.5. The van der Waals surface area contributed by atoms with E-state index in [2.05, 4.69) is 29.0 Å². The SMILES string of the molecule is COc1ccc2cc(C#Cc3ccc(-n4c(/C=C/c5ccnc6ccccc56)nc5ccccc5c4=O)c(C)c3)ccc2c1. The fourth-order valence-corrected chi connectivity index (χ4v) is 5.48. The number of rotatable bonds is 4. The molecule has 0 aliphatic rings. The number of methoxy groups -OCH3 is 1. The molecule has 0 aliphatic carbocycles. The molecule has 0 N–H and O–H groups in total. The molecule has 2 heterocycles. The maximum atomic E-state index is 13.9. The van der Waals surface area contributed by atoms with Gasteiger partial charge in [-0.3, -0.25) is 14.3 Å². The van der Waals surface area contributed by atoms with Gasteiger partial charge in [0, 0.05) is 22.7 Å². The molecule has 5 nitrogen and oxygen atoms in total. The molecule has 0 saturated heterocycles. The van der Waals surface area contributed by atoms with Crippen LogP contribution in [-0.4, -0.2) is 21.6 Å². The summed E-state index contributed by atoms with van der Waals surface area (Å²) in [5, 5.41) is 3.81. The topological polar surface area (TPSA) is 57.0 Å². The Morgan fingerprint density at radius 3 is 2.25 bits per heavy atom. The van der Waals surface area contributed by atoms with Gasteiger partial charge in [0.1, 0.15) is 11.6 Å². The van der Waals surface area contributed by atoms with Crippen LogP contribution in [0, 0.1) is 18.8 Å². The zero-order valence-electron chi connectivity index (χ0n) is 24.3. The minimum atomic E-state index is -0.121. The molecule has 44 heavy (non-hydrogen) atoms. The van der Waals surface area contributed by atoms with Crippen molar-refractivity contribution in [2.24, 2.45) is 0 Å². The first kappa shape index (κ1) is 26.9. The number of nitrogens with zero attached hydrogens (tertiary/aromatic N) is 3. The van der Waals surface area contributed by atoms with Gasteiger partial charge in [-0.1, -0.05) is 60.4 Å². The summed E-state index contributed by atoms with van der Waals surface area (Å²) in [5.41, 5.74) is 5.92. The van der Waals surface area contributed by atoms with Crippen molar-refractivity contribution in [3.63, 3.8) is 0 Å². The second-order valence-corrected chi connectivity index (χ2v) is 10.6. The minimum Gasteiger partial charge on any atom is -0.497 e. The quantitative estimate of drug-likeness (QED) is 0.202. The van der Waals surface area contributed by atoms with Crippen LogP contribution in [0.5, 0.6) is 5.75 Å². The minimum absolute atomic E-state index is 0.121. The number of benzene rings is 5. The number of aryl methyl sites for hydroxylation is 1. The van der Waals surface area contributed by atoms with Crippen LogP contribution in [0.1, 0.15) is 28.1 Å². The zero-order chi connectivity index (χ0) is 30.0. The van der Waals surface area contributed by atoms with Gasteiger partial charge in [-0.2, -0.15) is 0 Å². The fraction of sp³-hybridized carbons (Fsp3) is 0.0513. The summed E-state index contributed by atoms with van der Waals surface area (Å²) in [5.74, 6) is 7.96. The molecule has 210 valence electrons. The third-order valence-electron chi connectivity index (χ3n) is 7.73. The van der Waals surface area contributed by atoms with Gasteiger partial charge in [0.05, 0.1) is 29.2 Å². The van der Waals surface area contributed by atoms with Crippen LogP contribution in [0.15, 0.2) is 120 Å². The molecule has 0 spiro atoms. The Kier molecular flexibility index (Phi) is 6.94. The van der Waals surface area contributed by atoms with Crippen molar-refractivity contribution >= 4 is 44.7 Å². The predicted octanol–water partition coefficient (Wildman–Crippen LogP) is 7.97. The summed E-state index contributed by atoms with van der Waals surface area (Å²) in [6, 6.07) is 35.5. The number of hydrogen-bond acceptors (Lipinski definition) is 4. The molecule has 0 unspecified atom stereocenters. The summed E-state index contributed by atoms with van der Waals surface area (Å²) in [4.78, 5) is 23.3. The van der Waals surface area contributed by atoms with E-state index in [-0.39, 0.29) is 5.56 Å². The van der Waals surface area contributed by atoms with Crippen LogP contribution < -0.4 is 10.3 Å². The van der Waals surface area contributed by atoms with Crippen molar-refractivity contribution in [3.05, 3.63) is 154 Å². The van der Waals surface area contributed by atoms with E-state index in [0.29, 0.717) is 16.7 Å². The van der Waals surface area contributed by atoms with Gasteiger partial charge in [-0.15, -0.1) is 0 Å². The highest BCUT2D eigenvalue weighted by Crippen LogP contribution is 2.23. The van der Waals surface area contributed by atoms with Crippen LogP contribution in [0.4, 0.5) is 0 Å². The predicted molar refractivity (Wildman–Crippen MR) is 179 cm³/mol. The first-order valence-corrected chi connectivity index (χ1v) is 14.3. The van der Waals surface area contributed by atoms with Gasteiger partial charge in [-0.05, 0) is 102 Å². The van der Waals surface area contributed by atoms with E-state index in [9.17, 15) is 4.79 Å². The molecular formula is C39H27N3O2. The maximum absolute atomic E-state index is 13.9. The third kappa shape index (κ3) is 5.10. The van der Waals surface area contributed by atoms with Crippen LogP contribution >= 0.6 is 0 Å². The van der Waals surface area contributed by atoms with Gasteiger partial charge in [0.2, 0.25) is 0 Å². The standard InChI is InChI=1S/C39H27N3O2/c1-26-23-27(11-12-28-13-15-31-25-32(44-2)18-16-30(31)24-28)14-19-37(26)42-38(41-36-10-6-4-8-34(36)39(42)43)20-17-29-21-22-40-35-9-5-3-7-33(29)35/h3-10,13-25H,1-2H3/b20-17+. The normalized spacial score (nSPS) is 11.2. The molecule has 0 saturated carbocycles. The number of aromatic nitrogens is 3. The number of ether oxygens (including phenoxy) is 1. The second-order valence-electron chi connectivity index (χ2n) is 10.6. The molecule has 0 amide bonds. The van der Waals surface area contributed by atoms with E-state index >= 15 is 0 Å². The van der Waals surface area contributed by atoms with E-state index in [0.717, 1.165) is 55.4 Å². The highest BCUT2D eigenvalue weighted by molar-refractivity contribution is 5.90. The molecule has 0 radical (unpaired) electrons. The van der Waals surface area contributed by atoms with Crippen molar-refractivity contribution in [1.29, 1.82) is 0 Å². The number of para-hydroxylation sites is 2. The lowest BCUT2D eigenvalue weighted by molar-refractivity contribution is 0.415. The molecular weight excluding hydrogens is 542 g/mol. The van der Waals surface area contributed by atoms with Crippen molar-refractivity contribution < 1.29 is 4.74 Å². The molecule has 5 heteroatoms. The van der Waals surface area contributed by atoms with E-state index < -0.39 is 0 Å². The Bertz CT molecular complexity index is 2370. The van der Waals surface area contributed by atoms with Crippen LogP contribution in [0.2, 0.25) is 0 Å². The average Bonchev–Trinajstić information content (AvgIpc) is 3.06. The van der Waals surface area contributed by atoms with Gasteiger partial charge in [0.25, 0.3) is 5.56 Å². The van der Waals surface area contributed by atoms with E-state index in [1.807, 2.05) is 116 Å². The van der Waals surface area contributed by atoms with Crippen molar-refractivity contribution in [2.75, 3.05) is 7.11 Å². The molecule has 5 aromatic carbocycles. The number of hydrogen-bond donors (Lipinski definition) is 0. The zero-order valence-corrected chi connectivity index (χ0v) is 24.3. The Morgan fingerprint density at radius 1 is 0.727 bits per heavy atom. The van der Waals surface area contributed by atoms with Crippen LogP contribution in [-0.2, 0) is 0 Å².